The van der Waals surface area contributed by atoms with Crippen LogP contribution in [0.25, 0.3) is 0 Å². The van der Waals surface area contributed by atoms with Gasteiger partial charge in [0.05, 0.1) is 5.60 Å². The first kappa shape index (κ1) is 14.2. The van der Waals surface area contributed by atoms with Crippen molar-refractivity contribution in [2.24, 2.45) is 0 Å². The Labute approximate surface area is 76.3 Å². The second-order valence-electron chi connectivity index (χ2n) is 3.56. The molecule has 12 heavy (non-hydrogen) atoms. The molecule has 0 aromatic carbocycles. The Morgan fingerprint density at radius 3 is 1.42 bits per heavy atom. The summed E-state index contributed by atoms with van der Waals surface area (Å²) in [6.45, 7) is 9.82. The molecular formula is C10H22O2. The molecule has 0 aliphatic heterocycles. The fourth-order valence-electron chi connectivity index (χ4n) is 0.250. The maximum atomic E-state index is 10.2. The molecule has 0 N–H and O–H groups in total. The maximum absolute atomic E-state index is 10.2. The van der Waals surface area contributed by atoms with E-state index < -0.39 is 0 Å². The summed E-state index contributed by atoms with van der Waals surface area (Å²) in [5.74, 6) is 0.343. The van der Waals surface area contributed by atoms with Gasteiger partial charge in [-0.05, 0) is 20.8 Å². The van der Waals surface area contributed by atoms with Crippen LogP contribution in [0.15, 0.2) is 0 Å². The molecule has 0 aromatic heterocycles. The normalized spacial score (nSPS) is 10.2. The molecule has 0 saturated carbocycles. The number of rotatable bonds is 2. The summed E-state index contributed by atoms with van der Waals surface area (Å²) >= 11 is 0. The lowest BCUT2D eigenvalue weighted by molar-refractivity contribution is -0.118. The van der Waals surface area contributed by atoms with Crippen molar-refractivity contribution in [2.75, 3.05) is 7.11 Å². The van der Waals surface area contributed by atoms with Crippen LogP contribution < -0.4 is 0 Å². The smallest absolute Gasteiger partial charge is 0.132 e. The van der Waals surface area contributed by atoms with Gasteiger partial charge >= 0.3 is 0 Å². The van der Waals surface area contributed by atoms with Crippen molar-refractivity contribution in [1.82, 2.24) is 0 Å². The van der Waals surface area contributed by atoms with Crippen molar-refractivity contribution in [1.29, 1.82) is 0 Å². The van der Waals surface area contributed by atoms with E-state index in [0.29, 0.717) is 18.6 Å². The Morgan fingerprint density at radius 1 is 1.17 bits per heavy atom. The van der Waals surface area contributed by atoms with Crippen LogP contribution in [0, 0.1) is 0 Å². The van der Waals surface area contributed by atoms with E-state index in [9.17, 15) is 4.79 Å². The van der Waals surface area contributed by atoms with Crippen LogP contribution in [0.3, 0.4) is 0 Å². The van der Waals surface area contributed by atoms with Gasteiger partial charge in [-0.3, -0.25) is 4.79 Å². The lowest BCUT2D eigenvalue weighted by atomic mass is 10.2. The molecule has 0 aromatic rings. The van der Waals surface area contributed by atoms with Crippen molar-refractivity contribution < 1.29 is 9.53 Å². The highest BCUT2D eigenvalue weighted by atomic mass is 16.5. The molecule has 0 atom stereocenters. The highest BCUT2D eigenvalue weighted by Gasteiger charge is 2.03. The Bertz CT molecular complexity index is 105. The average molecular weight is 174 g/mol. The largest absolute Gasteiger partial charge is 0.379 e. The minimum absolute atomic E-state index is 0.0417. The zero-order chi connectivity index (χ0) is 10.2. The van der Waals surface area contributed by atoms with E-state index in [1.807, 2.05) is 34.6 Å². The second-order valence-corrected chi connectivity index (χ2v) is 3.56. The average Bonchev–Trinajstić information content (AvgIpc) is 2.03. The van der Waals surface area contributed by atoms with Gasteiger partial charge in [0, 0.05) is 20.0 Å². The standard InChI is InChI=1S/C5H12O.C5H10O/c1-5(2,3)6-4;1-3-5(6)4-2/h1-4H3;3-4H2,1-2H3. The van der Waals surface area contributed by atoms with Crippen LogP contribution in [0.1, 0.15) is 47.5 Å². The van der Waals surface area contributed by atoms with E-state index in [0.717, 1.165) is 0 Å². The van der Waals surface area contributed by atoms with Gasteiger partial charge in [0.25, 0.3) is 0 Å². The monoisotopic (exact) mass is 174 g/mol. The molecule has 2 heteroatoms. The Balaban J connectivity index is 0. The van der Waals surface area contributed by atoms with Gasteiger partial charge in [-0.1, -0.05) is 13.8 Å². The number of hydrogen-bond acceptors (Lipinski definition) is 2. The van der Waals surface area contributed by atoms with Gasteiger partial charge < -0.3 is 4.74 Å². The lowest BCUT2D eigenvalue weighted by Gasteiger charge is -2.14. The van der Waals surface area contributed by atoms with Crippen molar-refractivity contribution >= 4 is 5.78 Å². The summed E-state index contributed by atoms with van der Waals surface area (Å²) in [7, 11) is 1.71. The van der Waals surface area contributed by atoms with Crippen molar-refractivity contribution in [3.05, 3.63) is 0 Å². The molecule has 0 unspecified atom stereocenters. The van der Waals surface area contributed by atoms with Gasteiger partial charge in [-0.2, -0.15) is 0 Å². The van der Waals surface area contributed by atoms with Gasteiger partial charge in [-0.15, -0.1) is 0 Å². The number of carbonyl (C=O) groups excluding carboxylic acids is 1. The summed E-state index contributed by atoms with van der Waals surface area (Å²) < 4.78 is 4.94. The van der Waals surface area contributed by atoms with Crippen molar-refractivity contribution in [3.8, 4) is 0 Å². The summed E-state index contributed by atoms with van der Waals surface area (Å²) in [6.07, 6.45) is 1.38. The number of carbonyl (C=O) groups is 1. The van der Waals surface area contributed by atoms with Crippen molar-refractivity contribution in [2.45, 2.75) is 53.1 Å². The number of ketones is 1. The summed E-state index contributed by atoms with van der Waals surface area (Å²) in [5.41, 5.74) is 0.0417. The van der Waals surface area contributed by atoms with E-state index in [1.54, 1.807) is 7.11 Å². The van der Waals surface area contributed by atoms with E-state index in [1.165, 1.54) is 0 Å². The highest BCUT2D eigenvalue weighted by molar-refractivity contribution is 5.77. The third kappa shape index (κ3) is 16.3. The van der Waals surface area contributed by atoms with Crippen LogP contribution in [0.5, 0.6) is 0 Å². The van der Waals surface area contributed by atoms with E-state index in [-0.39, 0.29) is 5.60 Å². The number of Topliss-reactive ketones (excluding diaryl/α,β-unsaturated/α-hetero) is 1. The summed E-state index contributed by atoms with van der Waals surface area (Å²) in [6, 6.07) is 0. The second kappa shape index (κ2) is 7.29. The zero-order valence-electron chi connectivity index (χ0n) is 9.23. The van der Waals surface area contributed by atoms with Gasteiger partial charge in [0.15, 0.2) is 0 Å². The first-order chi connectivity index (χ1) is 5.37. The minimum Gasteiger partial charge on any atom is -0.379 e. The van der Waals surface area contributed by atoms with Crippen LogP contribution in [0.2, 0.25) is 0 Å². The third-order valence-corrected chi connectivity index (χ3v) is 1.40. The molecule has 0 amide bonds. The van der Waals surface area contributed by atoms with Crippen LogP contribution in [-0.4, -0.2) is 18.5 Å². The molecule has 0 spiro atoms. The molecule has 0 fully saturated rings. The molecule has 2 nitrogen and oxygen atoms in total. The summed E-state index contributed by atoms with van der Waals surface area (Å²) in [5, 5.41) is 0. The van der Waals surface area contributed by atoms with Crippen LogP contribution >= 0.6 is 0 Å². The lowest BCUT2D eigenvalue weighted by Crippen LogP contribution is -2.15. The van der Waals surface area contributed by atoms with Gasteiger partial charge in [0.2, 0.25) is 0 Å². The first-order valence-electron chi connectivity index (χ1n) is 4.44. The number of hydrogen-bond donors (Lipinski definition) is 0. The quantitative estimate of drug-likeness (QED) is 0.643. The predicted octanol–water partition coefficient (Wildman–Crippen LogP) is 2.81. The number of ether oxygens (including phenoxy) is 1. The SMILES string of the molecule is CCC(=O)CC.COC(C)(C)C. The zero-order valence-corrected chi connectivity index (χ0v) is 9.23. The number of methoxy groups -OCH3 is 1. The Morgan fingerprint density at radius 2 is 1.42 bits per heavy atom. The maximum Gasteiger partial charge on any atom is 0.132 e. The molecule has 0 heterocycles. The molecule has 0 bridgehead atoms. The predicted molar refractivity (Wildman–Crippen MR) is 52.4 cm³/mol. The summed E-state index contributed by atoms with van der Waals surface area (Å²) in [4.78, 5) is 10.2. The Hall–Kier alpha value is -0.370. The molecule has 0 radical (unpaired) electrons. The van der Waals surface area contributed by atoms with E-state index >= 15 is 0 Å². The Kier molecular flexibility index (Phi) is 8.61. The molecule has 0 rings (SSSR count). The molecule has 0 aliphatic carbocycles. The van der Waals surface area contributed by atoms with Gasteiger partial charge in [-0.25, -0.2) is 0 Å². The topological polar surface area (TPSA) is 26.3 Å². The van der Waals surface area contributed by atoms with Crippen molar-refractivity contribution in [3.63, 3.8) is 0 Å². The third-order valence-electron chi connectivity index (χ3n) is 1.40. The van der Waals surface area contributed by atoms with Crippen LogP contribution in [0.4, 0.5) is 0 Å². The molecular weight excluding hydrogens is 152 g/mol. The minimum atomic E-state index is 0.0417. The van der Waals surface area contributed by atoms with Crippen LogP contribution in [-0.2, 0) is 9.53 Å². The fourth-order valence-corrected chi connectivity index (χ4v) is 0.250. The first-order valence-corrected chi connectivity index (χ1v) is 4.44. The molecule has 74 valence electrons. The van der Waals surface area contributed by atoms with E-state index in [2.05, 4.69) is 0 Å². The fraction of sp³-hybridized carbons (Fsp3) is 0.900. The molecule has 0 aliphatic rings. The van der Waals surface area contributed by atoms with Gasteiger partial charge in [0.1, 0.15) is 5.78 Å². The highest BCUT2D eigenvalue weighted by Crippen LogP contribution is 2.02. The molecule has 0 saturated heterocycles. The van der Waals surface area contributed by atoms with E-state index in [4.69, 9.17) is 4.74 Å².